The van der Waals surface area contributed by atoms with Gasteiger partial charge in [0.05, 0.1) is 17.9 Å². The van der Waals surface area contributed by atoms with E-state index < -0.39 is 0 Å². The first kappa shape index (κ1) is 16.5. The average Bonchev–Trinajstić information content (AvgIpc) is 3.32. The van der Waals surface area contributed by atoms with Crippen molar-refractivity contribution in [1.82, 2.24) is 20.3 Å². The number of rotatable bonds is 4. The van der Waals surface area contributed by atoms with E-state index in [4.69, 9.17) is 16.8 Å². The molecule has 9 heteroatoms. The summed E-state index contributed by atoms with van der Waals surface area (Å²) in [5, 5.41) is 32.2. The zero-order valence-corrected chi connectivity index (χ0v) is 14.3. The summed E-state index contributed by atoms with van der Waals surface area (Å²) < 4.78 is 1.66. The number of nitrogens with one attached hydrogen (secondary N) is 1. The highest BCUT2D eigenvalue weighted by molar-refractivity contribution is 6.30. The maximum Gasteiger partial charge on any atom is 0.156 e. The fraction of sp³-hybridized carbons (Fsp3) is 0.118. The van der Waals surface area contributed by atoms with Crippen LogP contribution in [0.4, 0.5) is 5.69 Å². The first-order valence-corrected chi connectivity index (χ1v) is 8.28. The van der Waals surface area contributed by atoms with Gasteiger partial charge in [-0.1, -0.05) is 28.9 Å². The topological polar surface area (TPSA) is 102 Å². The Balaban J connectivity index is 1.85. The molecular weight excluding hydrogens is 356 g/mol. The van der Waals surface area contributed by atoms with Gasteiger partial charge >= 0.3 is 0 Å². The van der Waals surface area contributed by atoms with Crippen molar-refractivity contribution in [2.24, 2.45) is 4.99 Å². The molecule has 0 radical (unpaired) electrons. The molecule has 132 valence electrons. The molecule has 0 saturated heterocycles. The van der Waals surface area contributed by atoms with Crippen LogP contribution >= 0.6 is 11.6 Å². The molecule has 3 aromatic rings. The third-order valence-electron chi connectivity index (χ3n) is 4.00. The molecule has 0 bridgehead atoms. The number of aliphatic imine (C=N–C) groups is 1. The van der Waals surface area contributed by atoms with E-state index in [9.17, 15) is 5.21 Å². The second kappa shape index (κ2) is 6.75. The van der Waals surface area contributed by atoms with E-state index in [1.807, 2.05) is 12.1 Å². The molecule has 0 aliphatic carbocycles. The number of halogens is 1. The Morgan fingerprint density at radius 1 is 1.12 bits per heavy atom. The summed E-state index contributed by atoms with van der Waals surface area (Å²) in [6.07, 6.45) is 0. The fourth-order valence-electron chi connectivity index (χ4n) is 2.77. The summed E-state index contributed by atoms with van der Waals surface area (Å²) in [7, 11) is 0. The van der Waals surface area contributed by atoms with Crippen LogP contribution in [0, 0.1) is 5.21 Å². The van der Waals surface area contributed by atoms with Crippen LogP contribution in [0.25, 0.3) is 16.9 Å². The van der Waals surface area contributed by atoms with Gasteiger partial charge in [0.1, 0.15) is 5.69 Å². The van der Waals surface area contributed by atoms with Crippen LogP contribution in [-0.2, 0) is 0 Å². The minimum Gasteiger partial charge on any atom is -0.733 e. The first-order valence-electron chi connectivity index (χ1n) is 7.90. The van der Waals surface area contributed by atoms with Crippen molar-refractivity contribution in [3.8, 4) is 16.9 Å². The molecule has 0 unspecified atom stereocenters. The average molecular weight is 370 g/mol. The maximum absolute atomic E-state index is 11.0. The van der Waals surface area contributed by atoms with Crippen LogP contribution < -0.4 is 10.5 Å². The Kier molecular flexibility index (Phi) is 4.29. The second-order valence-corrected chi connectivity index (χ2v) is 6.09. The lowest BCUT2D eigenvalue weighted by Crippen LogP contribution is -2.20. The van der Waals surface area contributed by atoms with Gasteiger partial charge in [0, 0.05) is 17.1 Å². The van der Waals surface area contributed by atoms with Gasteiger partial charge in [-0.2, -0.15) is 0 Å². The monoisotopic (exact) mass is 369 g/mol. The van der Waals surface area contributed by atoms with Crippen LogP contribution in [0.2, 0.25) is 5.02 Å². The van der Waals surface area contributed by atoms with E-state index in [1.54, 1.807) is 28.9 Å². The Labute approximate surface area is 153 Å². The number of benzene rings is 2. The molecule has 1 aliphatic heterocycles. The highest BCUT2D eigenvalue weighted by atomic mass is 35.5. The summed E-state index contributed by atoms with van der Waals surface area (Å²) in [6.45, 7) is 1.44. The summed E-state index contributed by atoms with van der Waals surface area (Å²) >= 11 is 6.01. The number of hydrogen-bond acceptors (Lipinski definition) is 7. The lowest BCUT2D eigenvalue weighted by molar-refractivity contribution is 0.296. The van der Waals surface area contributed by atoms with Gasteiger partial charge in [-0.05, 0) is 36.4 Å². The van der Waals surface area contributed by atoms with E-state index in [1.165, 1.54) is 12.1 Å². The van der Waals surface area contributed by atoms with E-state index in [2.05, 4.69) is 20.6 Å². The molecule has 2 heterocycles. The number of aromatic nitrogens is 3. The summed E-state index contributed by atoms with van der Waals surface area (Å²) in [6, 6.07) is 13.7. The Bertz CT molecular complexity index is 950. The Morgan fingerprint density at radius 2 is 1.85 bits per heavy atom. The third-order valence-corrected chi connectivity index (χ3v) is 4.25. The quantitative estimate of drug-likeness (QED) is 0.685. The van der Waals surface area contributed by atoms with Gasteiger partial charge in [0.15, 0.2) is 11.5 Å². The van der Waals surface area contributed by atoms with Crippen LogP contribution in [0.3, 0.4) is 0 Å². The molecule has 1 aliphatic rings. The lowest BCUT2D eigenvalue weighted by Gasteiger charge is -2.21. The van der Waals surface area contributed by atoms with E-state index >= 15 is 0 Å². The zero-order chi connectivity index (χ0) is 18.1. The highest BCUT2D eigenvalue weighted by Crippen LogP contribution is 2.28. The second-order valence-electron chi connectivity index (χ2n) is 5.65. The predicted octanol–water partition coefficient (Wildman–Crippen LogP) is 2.63. The number of anilines is 1. The summed E-state index contributed by atoms with van der Waals surface area (Å²) in [4.78, 5) is 4.44. The molecule has 1 aromatic heterocycles. The molecule has 0 atom stereocenters. The van der Waals surface area contributed by atoms with Crippen molar-refractivity contribution < 1.29 is 5.21 Å². The summed E-state index contributed by atoms with van der Waals surface area (Å²) in [5.41, 5.74) is 3.09. The Morgan fingerprint density at radius 3 is 2.46 bits per heavy atom. The van der Waals surface area contributed by atoms with E-state index in [0.29, 0.717) is 28.8 Å². The minimum absolute atomic E-state index is 0.129. The number of nitrogens with zero attached hydrogens (tertiary/aromatic N) is 5. The third kappa shape index (κ3) is 3.01. The molecule has 2 aromatic carbocycles. The molecule has 0 spiro atoms. The van der Waals surface area contributed by atoms with Gasteiger partial charge in [0.2, 0.25) is 0 Å². The standard InChI is InChI=1S/C17H14ClN6O2/c18-12-3-1-11(2-4-12)16-15(17-19-9-10-20-17)21-22-23(16)13-5-7-14(8-6-13)24(25)26/h1-8,25H,9-10H2,(H,19,20)/q-1. The molecule has 0 fully saturated rings. The van der Waals surface area contributed by atoms with Crippen LogP contribution in [0.1, 0.15) is 5.69 Å². The van der Waals surface area contributed by atoms with Crippen molar-refractivity contribution in [1.29, 1.82) is 0 Å². The lowest BCUT2D eigenvalue weighted by atomic mass is 10.1. The van der Waals surface area contributed by atoms with Crippen molar-refractivity contribution in [2.75, 3.05) is 18.3 Å². The molecule has 8 nitrogen and oxygen atoms in total. The SMILES string of the molecule is [O-]N(O)c1ccc(-n2nnc(C3=NCCN3)c2-c2ccc(Cl)cc2)cc1. The van der Waals surface area contributed by atoms with Gasteiger partial charge in [-0.25, -0.2) is 4.68 Å². The molecule has 26 heavy (non-hydrogen) atoms. The molecule has 2 N–H and O–H groups in total. The van der Waals surface area contributed by atoms with Gasteiger partial charge in [-0.15, -0.1) is 5.10 Å². The van der Waals surface area contributed by atoms with Crippen molar-refractivity contribution >= 4 is 23.1 Å². The van der Waals surface area contributed by atoms with Crippen molar-refractivity contribution in [3.05, 3.63) is 64.5 Å². The predicted molar refractivity (Wildman–Crippen MR) is 98.8 cm³/mol. The van der Waals surface area contributed by atoms with E-state index in [-0.39, 0.29) is 10.9 Å². The van der Waals surface area contributed by atoms with Gasteiger partial charge in [0.25, 0.3) is 0 Å². The number of amidine groups is 1. The molecule has 4 rings (SSSR count). The van der Waals surface area contributed by atoms with Gasteiger partial charge in [-0.3, -0.25) is 10.2 Å². The van der Waals surface area contributed by atoms with Crippen molar-refractivity contribution in [3.63, 3.8) is 0 Å². The highest BCUT2D eigenvalue weighted by Gasteiger charge is 2.22. The maximum atomic E-state index is 11.0. The smallest absolute Gasteiger partial charge is 0.156 e. The summed E-state index contributed by atoms with van der Waals surface area (Å²) in [5.74, 6) is 0.693. The zero-order valence-electron chi connectivity index (χ0n) is 13.5. The fourth-order valence-corrected chi connectivity index (χ4v) is 2.89. The normalized spacial score (nSPS) is 13.4. The van der Waals surface area contributed by atoms with Crippen molar-refractivity contribution in [2.45, 2.75) is 0 Å². The molecule has 0 amide bonds. The largest absolute Gasteiger partial charge is 0.733 e. The Hall–Kier alpha value is -2.94. The number of hydrogen-bond donors (Lipinski definition) is 2. The van der Waals surface area contributed by atoms with Gasteiger partial charge < -0.3 is 15.8 Å². The van der Waals surface area contributed by atoms with Crippen LogP contribution in [-0.4, -0.2) is 39.1 Å². The first-order chi connectivity index (χ1) is 12.6. The molecule has 0 saturated carbocycles. The van der Waals surface area contributed by atoms with Crippen LogP contribution in [0.5, 0.6) is 0 Å². The van der Waals surface area contributed by atoms with Crippen LogP contribution in [0.15, 0.2) is 53.5 Å². The van der Waals surface area contributed by atoms with E-state index in [0.717, 1.165) is 17.8 Å². The minimum atomic E-state index is -0.187. The molecular formula is C17H14ClN6O2-.